The standard InChI is InChI=1S/C17H23N3O/c1-5-7-15-16(17(21)18-6-2)13(4)20(19-15)14-10-8-12(3)9-11-14/h8-11H,5-7H2,1-4H3,(H,18,21). The largest absolute Gasteiger partial charge is 0.352 e. The number of hydrogen-bond donors (Lipinski definition) is 1. The van der Waals surface area contributed by atoms with E-state index >= 15 is 0 Å². The van der Waals surface area contributed by atoms with Crippen LogP contribution in [-0.2, 0) is 6.42 Å². The lowest BCUT2D eigenvalue weighted by molar-refractivity contribution is 0.0954. The summed E-state index contributed by atoms with van der Waals surface area (Å²) in [4.78, 5) is 12.3. The van der Waals surface area contributed by atoms with Gasteiger partial charge < -0.3 is 5.32 Å². The highest BCUT2D eigenvalue weighted by atomic mass is 16.1. The van der Waals surface area contributed by atoms with E-state index in [0.717, 1.165) is 35.5 Å². The summed E-state index contributed by atoms with van der Waals surface area (Å²) >= 11 is 0. The second-order valence-electron chi connectivity index (χ2n) is 5.26. The van der Waals surface area contributed by atoms with Crippen molar-refractivity contribution >= 4 is 5.91 Å². The molecule has 0 saturated carbocycles. The second kappa shape index (κ2) is 6.57. The van der Waals surface area contributed by atoms with E-state index < -0.39 is 0 Å². The summed E-state index contributed by atoms with van der Waals surface area (Å²) in [7, 11) is 0. The maximum Gasteiger partial charge on any atom is 0.255 e. The first-order valence-corrected chi connectivity index (χ1v) is 7.52. The van der Waals surface area contributed by atoms with E-state index in [4.69, 9.17) is 0 Å². The Balaban J connectivity index is 2.50. The third-order valence-electron chi connectivity index (χ3n) is 3.52. The van der Waals surface area contributed by atoms with Crippen molar-refractivity contribution in [2.24, 2.45) is 0 Å². The van der Waals surface area contributed by atoms with Crippen molar-refractivity contribution in [1.29, 1.82) is 0 Å². The molecule has 1 amide bonds. The highest BCUT2D eigenvalue weighted by molar-refractivity contribution is 5.96. The van der Waals surface area contributed by atoms with Crippen LogP contribution in [0, 0.1) is 13.8 Å². The molecular weight excluding hydrogens is 262 g/mol. The number of aromatic nitrogens is 2. The Bertz CT molecular complexity index is 626. The molecule has 0 aliphatic heterocycles. The van der Waals surface area contributed by atoms with Gasteiger partial charge in [-0.3, -0.25) is 4.79 Å². The summed E-state index contributed by atoms with van der Waals surface area (Å²) in [6, 6.07) is 8.18. The topological polar surface area (TPSA) is 46.9 Å². The molecule has 0 fully saturated rings. The molecule has 0 atom stereocenters. The number of rotatable bonds is 5. The Morgan fingerprint density at radius 1 is 1.19 bits per heavy atom. The predicted octanol–water partition coefficient (Wildman–Crippen LogP) is 3.19. The van der Waals surface area contributed by atoms with Crippen molar-refractivity contribution < 1.29 is 4.79 Å². The van der Waals surface area contributed by atoms with Gasteiger partial charge in [-0.15, -0.1) is 0 Å². The maximum atomic E-state index is 12.3. The Kier molecular flexibility index (Phi) is 4.78. The van der Waals surface area contributed by atoms with Crippen LogP contribution in [0.2, 0.25) is 0 Å². The molecule has 0 aliphatic carbocycles. The van der Waals surface area contributed by atoms with Crippen LogP contribution in [0.1, 0.15) is 47.6 Å². The number of carbonyl (C=O) groups is 1. The smallest absolute Gasteiger partial charge is 0.255 e. The summed E-state index contributed by atoms with van der Waals surface area (Å²) < 4.78 is 1.87. The van der Waals surface area contributed by atoms with Crippen molar-refractivity contribution in [1.82, 2.24) is 15.1 Å². The molecule has 1 heterocycles. The molecule has 0 spiro atoms. The number of carbonyl (C=O) groups excluding carboxylic acids is 1. The lowest BCUT2D eigenvalue weighted by Crippen LogP contribution is -2.24. The number of nitrogens with zero attached hydrogens (tertiary/aromatic N) is 2. The minimum absolute atomic E-state index is 0.0307. The molecule has 1 aromatic heterocycles. The summed E-state index contributed by atoms with van der Waals surface area (Å²) in [6.07, 6.45) is 1.78. The van der Waals surface area contributed by atoms with Crippen LogP contribution in [0.25, 0.3) is 5.69 Å². The quantitative estimate of drug-likeness (QED) is 0.917. The minimum Gasteiger partial charge on any atom is -0.352 e. The molecule has 0 radical (unpaired) electrons. The van der Waals surface area contributed by atoms with Crippen LogP contribution in [0.15, 0.2) is 24.3 Å². The summed E-state index contributed by atoms with van der Waals surface area (Å²) in [5, 5.41) is 7.54. The first kappa shape index (κ1) is 15.3. The van der Waals surface area contributed by atoms with E-state index in [1.165, 1.54) is 5.56 Å². The molecule has 2 rings (SSSR count). The Hall–Kier alpha value is -2.10. The molecule has 0 bridgehead atoms. The zero-order valence-electron chi connectivity index (χ0n) is 13.2. The van der Waals surface area contributed by atoms with Gasteiger partial charge in [-0.05, 0) is 39.3 Å². The lowest BCUT2D eigenvalue weighted by atomic mass is 10.1. The van der Waals surface area contributed by atoms with Crippen LogP contribution in [-0.4, -0.2) is 22.2 Å². The van der Waals surface area contributed by atoms with Gasteiger partial charge in [-0.2, -0.15) is 5.10 Å². The van der Waals surface area contributed by atoms with Crippen LogP contribution < -0.4 is 5.32 Å². The molecule has 0 unspecified atom stereocenters. The Morgan fingerprint density at radius 3 is 2.43 bits per heavy atom. The van der Waals surface area contributed by atoms with E-state index in [1.54, 1.807) is 0 Å². The summed E-state index contributed by atoms with van der Waals surface area (Å²) in [5.74, 6) is -0.0307. The maximum absolute atomic E-state index is 12.3. The SMILES string of the molecule is CCCc1nn(-c2ccc(C)cc2)c(C)c1C(=O)NCC. The molecule has 112 valence electrons. The molecule has 0 saturated heterocycles. The van der Waals surface area contributed by atoms with E-state index in [9.17, 15) is 4.79 Å². The van der Waals surface area contributed by atoms with Gasteiger partial charge in [0.25, 0.3) is 5.91 Å². The van der Waals surface area contributed by atoms with E-state index in [2.05, 4.69) is 36.4 Å². The zero-order valence-corrected chi connectivity index (χ0v) is 13.2. The van der Waals surface area contributed by atoms with Crippen molar-refractivity contribution in [3.8, 4) is 5.69 Å². The number of nitrogens with one attached hydrogen (secondary N) is 1. The van der Waals surface area contributed by atoms with Gasteiger partial charge in [0, 0.05) is 6.54 Å². The van der Waals surface area contributed by atoms with Crippen molar-refractivity contribution in [2.45, 2.75) is 40.5 Å². The van der Waals surface area contributed by atoms with E-state index in [1.807, 2.05) is 30.7 Å². The van der Waals surface area contributed by atoms with Crippen molar-refractivity contribution in [3.63, 3.8) is 0 Å². The van der Waals surface area contributed by atoms with E-state index in [-0.39, 0.29) is 5.91 Å². The van der Waals surface area contributed by atoms with Crippen LogP contribution >= 0.6 is 0 Å². The van der Waals surface area contributed by atoms with Gasteiger partial charge >= 0.3 is 0 Å². The Labute approximate surface area is 126 Å². The summed E-state index contributed by atoms with van der Waals surface area (Å²) in [5.41, 5.74) is 4.70. The normalized spacial score (nSPS) is 10.7. The first-order valence-electron chi connectivity index (χ1n) is 7.52. The molecule has 4 nitrogen and oxygen atoms in total. The number of amides is 1. The van der Waals surface area contributed by atoms with Gasteiger partial charge in [0.15, 0.2) is 0 Å². The minimum atomic E-state index is -0.0307. The average Bonchev–Trinajstić information content (AvgIpc) is 2.77. The highest BCUT2D eigenvalue weighted by Gasteiger charge is 2.20. The third kappa shape index (κ3) is 3.15. The third-order valence-corrected chi connectivity index (χ3v) is 3.52. The van der Waals surface area contributed by atoms with Crippen LogP contribution in [0.5, 0.6) is 0 Å². The fraction of sp³-hybridized carbons (Fsp3) is 0.412. The monoisotopic (exact) mass is 285 g/mol. The van der Waals surface area contributed by atoms with Gasteiger partial charge in [-0.25, -0.2) is 4.68 Å². The molecule has 4 heteroatoms. The molecule has 21 heavy (non-hydrogen) atoms. The number of benzene rings is 1. The zero-order chi connectivity index (χ0) is 15.4. The number of hydrogen-bond acceptors (Lipinski definition) is 2. The van der Waals surface area contributed by atoms with Crippen molar-refractivity contribution in [3.05, 3.63) is 46.8 Å². The summed E-state index contributed by atoms with van der Waals surface area (Å²) in [6.45, 7) is 8.66. The van der Waals surface area contributed by atoms with Gasteiger partial charge in [0.1, 0.15) is 0 Å². The van der Waals surface area contributed by atoms with Crippen LogP contribution in [0.4, 0.5) is 0 Å². The lowest BCUT2D eigenvalue weighted by Gasteiger charge is -2.06. The van der Waals surface area contributed by atoms with Gasteiger partial charge in [0.05, 0.1) is 22.6 Å². The second-order valence-corrected chi connectivity index (χ2v) is 5.26. The molecule has 0 aliphatic rings. The molecule has 1 aromatic carbocycles. The highest BCUT2D eigenvalue weighted by Crippen LogP contribution is 2.20. The van der Waals surface area contributed by atoms with Gasteiger partial charge in [0.2, 0.25) is 0 Å². The van der Waals surface area contributed by atoms with Crippen LogP contribution in [0.3, 0.4) is 0 Å². The fourth-order valence-electron chi connectivity index (χ4n) is 2.45. The van der Waals surface area contributed by atoms with E-state index in [0.29, 0.717) is 6.54 Å². The predicted molar refractivity (Wildman–Crippen MR) is 85.0 cm³/mol. The molecule has 2 aromatic rings. The Morgan fingerprint density at radius 2 is 1.86 bits per heavy atom. The first-order chi connectivity index (χ1) is 10.1. The molecule has 1 N–H and O–H groups in total. The fourth-order valence-corrected chi connectivity index (χ4v) is 2.45. The average molecular weight is 285 g/mol. The van der Waals surface area contributed by atoms with Gasteiger partial charge in [-0.1, -0.05) is 31.0 Å². The molecular formula is C17H23N3O. The van der Waals surface area contributed by atoms with Crippen molar-refractivity contribution in [2.75, 3.05) is 6.54 Å². The number of aryl methyl sites for hydroxylation is 2.